The first-order valence-corrected chi connectivity index (χ1v) is 7.81. The van der Waals surface area contributed by atoms with Gasteiger partial charge < -0.3 is 14.4 Å². The second-order valence-corrected chi connectivity index (χ2v) is 6.05. The quantitative estimate of drug-likeness (QED) is 0.804. The van der Waals surface area contributed by atoms with E-state index in [1.54, 1.807) is 7.11 Å². The van der Waals surface area contributed by atoms with E-state index < -0.39 is 0 Å². The Kier molecular flexibility index (Phi) is 5.88. The van der Waals surface area contributed by atoms with Gasteiger partial charge in [0.1, 0.15) is 18.1 Å². The largest absolute Gasteiger partial charge is 0.496 e. The Morgan fingerprint density at radius 3 is 2.48 bits per heavy atom. The van der Waals surface area contributed by atoms with E-state index in [4.69, 9.17) is 9.47 Å². The highest BCUT2D eigenvalue weighted by Gasteiger charge is 2.13. The van der Waals surface area contributed by atoms with Gasteiger partial charge in [-0.25, -0.2) is 0 Å². The smallest absolute Gasteiger partial charge is 0.126 e. The van der Waals surface area contributed by atoms with Crippen molar-refractivity contribution >= 4 is 0 Å². The molecular formula is C17H28N2O2. The molecule has 0 radical (unpaired) electrons. The molecule has 0 amide bonds. The van der Waals surface area contributed by atoms with Gasteiger partial charge in [-0.3, -0.25) is 4.90 Å². The van der Waals surface area contributed by atoms with Gasteiger partial charge in [0.05, 0.1) is 7.11 Å². The van der Waals surface area contributed by atoms with Crippen LogP contribution in [0.25, 0.3) is 0 Å². The lowest BCUT2D eigenvalue weighted by atomic mass is 10.0. The molecule has 1 aromatic carbocycles. The van der Waals surface area contributed by atoms with Gasteiger partial charge in [-0.2, -0.15) is 0 Å². The van der Waals surface area contributed by atoms with Crippen LogP contribution in [0.3, 0.4) is 0 Å². The van der Waals surface area contributed by atoms with Gasteiger partial charge in [0.15, 0.2) is 0 Å². The monoisotopic (exact) mass is 292 g/mol. The Bertz CT molecular complexity index is 440. The Balaban J connectivity index is 1.83. The number of nitrogens with zero attached hydrogens (tertiary/aromatic N) is 2. The molecule has 2 rings (SSSR count). The SMILES string of the molecule is COc1cc(OCCN2CCN(C)CC2)ccc1C(C)C. The summed E-state index contributed by atoms with van der Waals surface area (Å²) >= 11 is 0. The highest BCUT2D eigenvalue weighted by atomic mass is 16.5. The van der Waals surface area contributed by atoms with E-state index in [1.165, 1.54) is 5.56 Å². The highest BCUT2D eigenvalue weighted by Crippen LogP contribution is 2.30. The number of hydrogen-bond donors (Lipinski definition) is 0. The Labute approximate surface area is 128 Å². The van der Waals surface area contributed by atoms with Crippen molar-refractivity contribution < 1.29 is 9.47 Å². The average Bonchev–Trinajstić information content (AvgIpc) is 2.49. The molecule has 0 N–H and O–H groups in total. The lowest BCUT2D eigenvalue weighted by molar-refractivity contribution is 0.133. The molecule has 1 aliphatic rings. The van der Waals surface area contributed by atoms with Crippen LogP contribution in [0.1, 0.15) is 25.3 Å². The molecule has 0 aliphatic carbocycles. The minimum Gasteiger partial charge on any atom is -0.496 e. The molecule has 1 aliphatic heterocycles. The van der Waals surface area contributed by atoms with Gasteiger partial charge in [0.25, 0.3) is 0 Å². The molecule has 21 heavy (non-hydrogen) atoms. The van der Waals surface area contributed by atoms with Gasteiger partial charge >= 0.3 is 0 Å². The van der Waals surface area contributed by atoms with Crippen molar-refractivity contribution in [2.75, 3.05) is 53.5 Å². The summed E-state index contributed by atoms with van der Waals surface area (Å²) in [6.07, 6.45) is 0. The molecule has 1 aromatic rings. The van der Waals surface area contributed by atoms with Crippen LogP contribution in [0.2, 0.25) is 0 Å². The summed E-state index contributed by atoms with van der Waals surface area (Å²) in [4.78, 5) is 4.83. The lowest BCUT2D eigenvalue weighted by Gasteiger charge is -2.32. The zero-order valence-electron chi connectivity index (χ0n) is 13.8. The van der Waals surface area contributed by atoms with E-state index in [0.717, 1.165) is 50.8 Å². The third kappa shape index (κ3) is 4.61. The number of piperazine rings is 1. The molecule has 4 nitrogen and oxygen atoms in total. The molecule has 0 saturated carbocycles. The normalized spacial score (nSPS) is 17.2. The molecule has 0 atom stereocenters. The first-order chi connectivity index (χ1) is 10.1. The van der Waals surface area contributed by atoms with E-state index >= 15 is 0 Å². The average molecular weight is 292 g/mol. The first kappa shape index (κ1) is 16.1. The van der Waals surface area contributed by atoms with Gasteiger partial charge in [-0.05, 0) is 24.6 Å². The van der Waals surface area contributed by atoms with E-state index in [2.05, 4.69) is 36.8 Å². The van der Waals surface area contributed by atoms with Crippen LogP contribution in [0, 0.1) is 0 Å². The van der Waals surface area contributed by atoms with Crippen LogP contribution in [-0.2, 0) is 0 Å². The first-order valence-electron chi connectivity index (χ1n) is 7.81. The fourth-order valence-electron chi connectivity index (χ4n) is 2.62. The summed E-state index contributed by atoms with van der Waals surface area (Å²) in [7, 11) is 3.89. The molecule has 0 unspecified atom stereocenters. The summed E-state index contributed by atoms with van der Waals surface area (Å²) < 4.78 is 11.3. The zero-order chi connectivity index (χ0) is 15.2. The molecule has 0 aromatic heterocycles. The molecule has 118 valence electrons. The topological polar surface area (TPSA) is 24.9 Å². The summed E-state index contributed by atoms with van der Waals surface area (Å²) in [5, 5.41) is 0. The highest BCUT2D eigenvalue weighted by molar-refractivity contribution is 5.42. The van der Waals surface area contributed by atoms with Crippen molar-refractivity contribution in [1.82, 2.24) is 9.80 Å². The second-order valence-electron chi connectivity index (χ2n) is 6.05. The third-order valence-corrected chi connectivity index (χ3v) is 4.10. The van der Waals surface area contributed by atoms with Crippen LogP contribution < -0.4 is 9.47 Å². The number of likely N-dealkylation sites (N-methyl/N-ethyl adjacent to an activating group) is 1. The maximum absolute atomic E-state index is 5.88. The molecular weight excluding hydrogens is 264 g/mol. The minimum absolute atomic E-state index is 0.458. The summed E-state index contributed by atoms with van der Waals surface area (Å²) in [6.45, 7) is 10.6. The Hall–Kier alpha value is -1.26. The number of rotatable bonds is 6. The molecule has 1 fully saturated rings. The van der Waals surface area contributed by atoms with E-state index in [0.29, 0.717) is 5.92 Å². The van der Waals surface area contributed by atoms with Gasteiger partial charge in [-0.1, -0.05) is 19.9 Å². The number of benzene rings is 1. The number of ether oxygens (including phenoxy) is 2. The third-order valence-electron chi connectivity index (χ3n) is 4.10. The zero-order valence-corrected chi connectivity index (χ0v) is 13.8. The maximum Gasteiger partial charge on any atom is 0.126 e. The standard InChI is InChI=1S/C17H28N2O2/c1-14(2)16-6-5-15(13-17(16)20-4)21-12-11-19-9-7-18(3)8-10-19/h5-6,13-14H,7-12H2,1-4H3. The maximum atomic E-state index is 5.88. The number of methoxy groups -OCH3 is 1. The minimum atomic E-state index is 0.458. The van der Waals surface area contributed by atoms with E-state index in [9.17, 15) is 0 Å². The van der Waals surface area contributed by atoms with Gasteiger partial charge in [0, 0.05) is 38.8 Å². The molecule has 4 heteroatoms. The van der Waals surface area contributed by atoms with Crippen LogP contribution in [0.4, 0.5) is 0 Å². The summed E-state index contributed by atoms with van der Waals surface area (Å²) in [5.74, 6) is 2.27. The van der Waals surface area contributed by atoms with Gasteiger partial charge in [-0.15, -0.1) is 0 Å². The Morgan fingerprint density at radius 1 is 1.14 bits per heavy atom. The van der Waals surface area contributed by atoms with Crippen molar-refractivity contribution in [3.8, 4) is 11.5 Å². The fourth-order valence-corrected chi connectivity index (χ4v) is 2.62. The predicted octanol–water partition coefficient (Wildman–Crippen LogP) is 2.44. The summed E-state index contributed by atoms with van der Waals surface area (Å²) in [5.41, 5.74) is 1.23. The molecule has 0 spiro atoms. The predicted molar refractivity (Wildman–Crippen MR) is 86.5 cm³/mol. The van der Waals surface area contributed by atoms with Crippen LogP contribution >= 0.6 is 0 Å². The van der Waals surface area contributed by atoms with E-state index in [-0.39, 0.29) is 0 Å². The van der Waals surface area contributed by atoms with Crippen molar-refractivity contribution in [2.24, 2.45) is 0 Å². The van der Waals surface area contributed by atoms with Crippen LogP contribution in [-0.4, -0.2) is 63.3 Å². The van der Waals surface area contributed by atoms with Crippen LogP contribution in [0.15, 0.2) is 18.2 Å². The summed E-state index contributed by atoms with van der Waals surface area (Å²) in [6, 6.07) is 6.15. The molecule has 0 bridgehead atoms. The molecule has 1 saturated heterocycles. The second kappa shape index (κ2) is 7.66. The van der Waals surface area contributed by atoms with Gasteiger partial charge in [0.2, 0.25) is 0 Å². The van der Waals surface area contributed by atoms with Crippen LogP contribution in [0.5, 0.6) is 11.5 Å². The molecule has 1 heterocycles. The van der Waals surface area contributed by atoms with Crippen molar-refractivity contribution in [1.29, 1.82) is 0 Å². The van der Waals surface area contributed by atoms with Crippen molar-refractivity contribution in [3.63, 3.8) is 0 Å². The van der Waals surface area contributed by atoms with Crippen molar-refractivity contribution in [2.45, 2.75) is 19.8 Å². The number of hydrogen-bond acceptors (Lipinski definition) is 4. The van der Waals surface area contributed by atoms with E-state index in [1.807, 2.05) is 12.1 Å². The van der Waals surface area contributed by atoms with Crippen molar-refractivity contribution in [3.05, 3.63) is 23.8 Å². The Morgan fingerprint density at radius 2 is 1.86 bits per heavy atom. The fraction of sp³-hybridized carbons (Fsp3) is 0.647. The lowest BCUT2D eigenvalue weighted by Crippen LogP contribution is -2.45.